The topological polar surface area (TPSA) is 54.0 Å². The minimum Gasteiger partial charge on any atom is -0.348 e. The molecule has 0 spiro atoms. The van der Waals surface area contributed by atoms with Gasteiger partial charge in [-0.05, 0) is 17.5 Å². The van der Waals surface area contributed by atoms with Gasteiger partial charge in [0.25, 0.3) is 0 Å². The van der Waals surface area contributed by atoms with Gasteiger partial charge in [0, 0.05) is 18.1 Å². The molecule has 2 aromatic rings. The Morgan fingerprint density at radius 2 is 2.26 bits per heavy atom. The van der Waals surface area contributed by atoms with E-state index >= 15 is 0 Å². The zero-order valence-corrected chi connectivity index (χ0v) is 11.2. The average Bonchev–Trinajstić information content (AvgIpc) is 2.97. The molecule has 0 saturated carbocycles. The second kappa shape index (κ2) is 5.50. The van der Waals surface area contributed by atoms with Crippen molar-refractivity contribution < 1.29 is 4.79 Å². The Labute approximate surface area is 115 Å². The Balaban J connectivity index is 1.60. The lowest BCUT2D eigenvalue weighted by atomic mass is 9.95. The molecule has 0 bridgehead atoms. The first-order valence-electron chi connectivity index (χ1n) is 6.29. The van der Waals surface area contributed by atoms with E-state index in [0.717, 1.165) is 18.0 Å². The molecular formula is C14H15N3OS. The van der Waals surface area contributed by atoms with E-state index in [-0.39, 0.29) is 11.9 Å². The molecule has 0 unspecified atom stereocenters. The first kappa shape index (κ1) is 12.3. The Hall–Kier alpha value is -1.72. The van der Waals surface area contributed by atoms with Crippen LogP contribution in [0.25, 0.3) is 0 Å². The maximum absolute atomic E-state index is 12.1. The van der Waals surface area contributed by atoms with E-state index in [0.29, 0.717) is 6.54 Å². The largest absolute Gasteiger partial charge is 0.348 e. The number of hydrogen-bond donors (Lipinski definition) is 2. The van der Waals surface area contributed by atoms with Crippen molar-refractivity contribution >= 4 is 17.2 Å². The molecule has 0 fully saturated rings. The molecule has 5 heteroatoms. The van der Waals surface area contributed by atoms with Crippen molar-refractivity contribution in [2.45, 2.75) is 25.6 Å². The van der Waals surface area contributed by atoms with Crippen LogP contribution in [0.2, 0.25) is 0 Å². The fourth-order valence-corrected chi connectivity index (χ4v) is 2.82. The van der Waals surface area contributed by atoms with Crippen LogP contribution in [0.15, 0.2) is 35.8 Å². The van der Waals surface area contributed by atoms with Crippen LogP contribution in [0.4, 0.5) is 0 Å². The van der Waals surface area contributed by atoms with Gasteiger partial charge >= 0.3 is 0 Å². The van der Waals surface area contributed by atoms with E-state index < -0.39 is 0 Å². The third-order valence-electron chi connectivity index (χ3n) is 3.30. The van der Waals surface area contributed by atoms with E-state index in [4.69, 9.17) is 0 Å². The van der Waals surface area contributed by atoms with Gasteiger partial charge in [-0.25, -0.2) is 4.98 Å². The minimum absolute atomic E-state index is 0.0460. The SMILES string of the molecule is O=C(NCc1nccs1)[C@H]1Cc2ccccc2CN1. The van der Waals surface area contributed by atoms with E-state index in [2.05, 4.69) is 27.8 Å². The molecule has 3 rings (SSSR count). The third-order valence-corrected chi connectivity index (χ3v) is 4.07. The number of amides is 1. The summed E-state index contributed by atoms with van der Waals surface area (Å²) in [5, 5.41) is 9.06. The fraction of sp³-hybridized carbons (Fsp3) is 0.286. The summed E-state index contributed by atoms with van der Waals surface area (Å²) < 4.78 is 0. The lowest BCUT2D eigenvalue weighted by molar-refractivity contribution is -0.123. The molecule has 0 radical (unpaired) electrons. The zero-order chi connectivity index (χ0) is 13.1. The van der Waals surface area contributed by atoms with E-state index in [1.807, 2.05) is 17.5 Å². The van der Waals surface area contributed by atoms with Crippen LogP contribution in [0.1, 0.15) is 16.1 Å². The van der Waals surface area contributed by atoms with Crippen LogP contribution < -0.4 is 10.6 Å². The van der Waals surface area contributed by atoms with Crippen molar-refractivity contribution in [3.8, 4) is 0 Å². The normalized spacial score (nSPS) is 17.8. The van der Waals surface area contributed by atoms with Gasteiger partial charge in [-0.2, -0.15) is 0 Å². The zero-order valence-electron chi connectivity index (χ0n) is 10.4. The summed E-state index contributed by atoms with van der Waals surface area (Å²) in [7, 11) is 0. The van der Waals surface area contributed by atoms with Crippen molar-refractivity contribution in [2.75, 3.05) is 0 Å². The summed E-state index contributed by atoms with van der Waals surface area (Å²) in [6, 6.07) is 8.11. The molecule has 2 N–H and O–H groups in total. The van der Waals surface area contributed by atoms with Gasteiger partial charge in [0.1, 0.15) is 5.01 Å². The third kappa shape index (κ3) is 2.83. The van der Waals surface area contributed by atoms with Gasteiger partial charge in [0.2, 0.25) is 5.91 Å². The van der Waals surface area contributed by atoms with Crippen LogP contribution in [0.3, 0.4) is 0 Å². The number of rotatable bonds is 3. The summed E-state index contributed by atoms with van der Waals surface area (Å²) in [6.07, 6.45) is 2.50. The first-order valence-corrected chi connectivity index (χ1v) is 7.17. The van der Waals surface area contributed by atoms with Crippen LogP contribution in [0.5, 0.6) is 0 Å². The van der Waals surface area contributed by atoms with E-state index in [1.54, 1.807) is 17.5 Å². The van der Waals surface area contributed by atoms with Crippen molar-refractivity contribution in [3.63, 3.8) is 0 Å². The highest BCUT2D eigenvalue weighted by molar-refractivity contribution is 7.09. The second-order valence-electron chi connectivity index (χ2n) is 4.55. The molecule has 0 aliphatic carbocycles. The molecule has 1 amide bonds. The highest BCUT2D eigenvalue weighted by Crippen LogP contribution is 2.16. The number of nitrogens with one attached hydrogen (secondary N) is 2. The predicted molar refractivity (Wildman–Crippen MR) is 74.7 cm³/mol. The molecule has 19 heavy (non-hydrogen) atoms. The maximum Gasteiger partial charge on any atom is 0.237 e. The molecule has 4 nitrogen and oxygen atoms in total. The van der Waals surface area contributed by atoms with Gasteiger partial charge in [0.15, 0.2) is 0 Å². The molecule has 0 saturated heterocycles. The van der Waals surface area contributed by atoms with Gasteiger partial charge in [0.05, 0.1) is 12.6 Å². The van der Waals surface area contributed by atoms with Crippen molar-refractivity contribution in [3.05, 3.63) is 52.0 Å². The van der Waals surface area contributed by atoms with Crippen LogP contribution in [-0.4, -0.2) is 16.9 Å². The number of hydrogen-bond acceptors (Lipinski definition) is 4. The summed E-state index contributed by atoms with van der Waals surface area (Å²) in [5.41, 5.74) is 2.54. The molecule has 1 aromatic carbocycles. The fourth-order valence-electron chi connectivity index (χ4n) is 2.27. The maximum atomic E-state index is 12.1. The lowest BCUT2D eigenvalue weighted by Gasteiger charge is -2.25. The number of thiazole rings is 1. The van der Waals surface area contributed by atoms with Gasteiger partial charge < -0.3 is 10.6 Å². The number of carbonyl (C=O) groups excluding carboxylic acids is 1. The lowest BCUT2D eigenvalue weighted by Crippen LogP contribution is -2.47. The number of nitrogens with zero attached hydrogens (tertiary/aromatic N) is 1. The summed E-state index contributed by atoms with van der Waals surface area (Å²) in [6.45, 7) is 1.27. The van der Waals surface area contributed by atoms with Crippen LogP contribution >= 0.6 is 11.3 Å². The first-order chi connectivity index (χ1) is 9.33. The number of benzene rings is 1. The minimum atomic E-state index is -0.144. The van der Waals surface area contributed by atoms with Gasteiger partial charge in [-0.1, -0.05) is 24.3 Å². The Morgan fingerprint density at radius 3 is 3.05 bits per heavy atom. The number of aromatic nitrogens is 1. The van der Waals surface area contributed by atoms with Crippen molar-refractivity contribution in [1.29, 1.82) is 0 Å². The summed E-state index contributed by atoms with van der Waals surface area (Å²) in [4.78, 5) is 16.3. The number of carbonyl (C=O) groups is 1. The predicted octanol–water partition coefficient (Wildman–Crippen LogP) is 1.47. The van der Waals surface area contributed by atoms with Crippen LogP contribution in [-0.2, 0) is 24.3 Å². The smallest absolute Gasteiger partial charge is 0.237 e. The molecule has 1 aromatic heterocycles. The standard InChI is InChI=1S/C14H15N3OS/c18-14(17-9-13-15-5-6-19-13)12-7-10-3-1-2-4-11(10)8-16-12/h1-6,12,16H,7-9H2,(H,17,18)/t12-/m1/s1. The van der Waals surface area contributed by atoms with Crippen molar-refractivity contribution in [2.24, 2.45) is 0 Å². The quantitative estimate of drug-likeness (QED) is 0.890. The molecule has 1 aliphatic heterocycles. The summed E-state index contributed by atoms with van der Waals surface area (Å²) in [5.74, 6) is 0.0460. The Morgan fingerprint density at radius 1 is 1.42 bits per heavy atom. The van der Waals surface area contributed by atoms with E-state index in [1.165, 1.54) is 11.1 Å². The van der Waals surface area contributed by atoms with Crippen molar-refractivity contribution in [1.82, 2.24) is 15.6 Å². The second-order valence-corrected chi connectivity index (χ2v) is 5.53. The van der Waals surface area contributed by atoms with Crippen LogP contribution in [0, 0.1) is 0 Å². The Kier molecular flexibility index (Phi) is 3.57. The molecule has 2 heterocycles. The van der Waals surface area contributed by atoms with E-state index in [9.17, 15) is 4.79 Å². The summed E-state index contributed by atoms with van der Waals surface area (Å²) >= 11 is 1.55. The highest BCUT2D eigenvalue weighted by Gasteiger charge is 2.23. The molecule has 1 atom stereocenters. The Bertz CT molecular complexity index is 568. The van der Waals surface area contributed by atoms with Gasteiger partial charge in [-0.3, -0.25) is 4.79 Å². The molecule has 1 aliphatic rings. The average molecular weight is 273 g/mol. The van der Waals surface area contributed by atoms with Gasteiger partial charge in [-0.15, -0.1) is 11.3 Å². The molecule has 98 valence electrons. The highest BCUT2D eigenvalue weighted by atomic mass is 32.1. The molecular weight excluding hydrogens is 258 g/mol. The monoisotopic (exact) mass is 273 g/mol. The number of fused-ring (bicyclic) bond motifs is 1.